The molecule has 0 spiro atoms. The van der Waals surface area contributed by atoms with Crippen LogP contribution >= 0.6 is 0 Å². The molecule has 2 aromatic heterocycles. The molecular formula is C29H33FN4O4S. The number of furan rings is 1. The topological polar surface area (TPSA) is 121 Å². The van der Waals surface area contributed by atoms with Crippen LogP contribution in [0.5, 0.6) is 0 Å². The number of carbonyl (C=O) groups is 1. The Labute approximate surface area is 227 Å². The summed E-state index contributed by atoms with van der Waals surface area (Å²) in [5, 5.41) is 4.12. The number of carbonyl (C=O) groups excluding carboxylic acids is 1. The second kappa shape index (κ2) is 11.0. The highest BCUT2D eigenvalue weighted by atomic mass is 32.2. The molecular weight excluding hydrogens is 519 g/mol. The number of sulfonamides is 1. The van der Waals surface area contributed by atoms with Gasteiger partial charge in [0.1, 0.15) is 17.3 Å². The van der Waals surface area contributed by atoms with Gasteiger partial charge < -0.3 is 20.5 Å². The van der Waals surface area contributed by atoms with Crippen LogP contribution in [0.4, 0.5) is 4.39 Å². The second-order valence-corrected chi connectivity index (χ2v) is 12.4. The molecule has 0 bridgehead atoms. The molecule has 0 saturated carbocycles. The fourth-order valence-electron chi connectivity index (χ4n) is 5.41. The summed E-state index contributed by atoms with van der Waals surface area (Å²) in [7, 11) is -3.23. The summed E-state index contributed by atoms with van der Waals surface area (Å²) >= 11 is 0. The molecule has 1 fully saturated rings. The van der Waals surface area contributed by atoms with Crippen LogP contribution in [0.25, 0.3) is 22.0 Å². The normalized spacial score (nSPS) is 15.3. The van der Waals surface area contributed by atoms with Gasteiger partial charge in [-0.2, -0.15) is 0 Å². The number of amides is 1. The number of fused-ring (bicyclic) bond motifs is 1. The Morgan fingerprint density at radius 3 is 2.54 bits per heavy atom. The van der Waals surface area contributed by atoms with Crippen LogP contribution in [0.15, 0.2) is 53.1 Å². The molecule has 4 aromatic rings. The van der Waals surface area contributed by atoms with Crippen LogP contribution in [0, 0.1) is 12.7 Å². The molecule has 8 nitrogen and oxygen atoms in total. The number of hydrogen-bond donors (Lipinski definition) is 3. The van der Waals surface area contributed by atoms with Crippen LogP contribution in [0.1, 0.15) is 58.7 Å². The van der Waals surface area contributed by atoms with Gasteiger partial charge in [0, 0.05) is 31.2 Å². The van der Waals surface area contributed by atoms with Crippen LogP contribution in [0.3, 0.4) is 0 Å². The summed E-state index contributed by atoms with van der Waals surface area (Å²) in [4.78, 5) is 15.6. The Balaban J connectivity index is 1.44. The number of H-pyrrole nitrogens is 1. The Morgan fingerprint density at radius 2 is 1.87 bits per heavy atom. The van der Waals surface area contributed by atoms with Crippen molar-refractivity contribution in [1.29, 1.82) is 0 Å². The Kier molecular flexibility index (Phi) is 7.61. The summed E-state index contributed by atoms with van der Waals surface area (Å²) in [6.45, 7) is 5.39. The zero-order valence-electron chi connectivity index (χ0n) is 22.1. The maximum atomic E-state index is 14.7. The number of primary amides is 1. The zero-order chi connectivity index (χ0) is 27.7. The molecule has 5 rings (SSSR count). The lowest BCUT2D eigenvalue weighted by atomic mass is 9.88. The standard InChI is InChI=1S/C29H33FN4O4S/c1-3-39(36,37)34-8-6-20(7-9-34)27-17-33-28-25(27)13-22(14-26(28)29(31)35)21-10-19(11-23(30)12-21)15-32-16-24-5-4-18(2)38-24/h4-5,10-14,17,20,32-33H,3,6-9,15-16H2,1-2H3,(H2,31,35). The Morgan fingerprint density at radius 1 is 1.13 bits per heavy atom. The van der Waals surface area contributed by atoms with E-state index in [1.807, 2.05) is 37.4 Å². The number of piperidine rings is 1. The lowest BCUT2D eigenvalue weighted by Gasteiger charge is -2.31. The number of halogens is 1. The lowest BCUT2D eigenvalue weighted by molar-refractivity contribution is 0.100. The number of benzene rings is 2. The van der Waals surface area contributed by atoms with Gasteiger partial charge in [0.15, 0.2) is 0 Å². The van der Waals surface area contributed by atoms with Crippen molar-refractivity contribution in [2.45, 2.75) is 45.7 Å². The number of aromatic amines is 1. The van der Waals surface area contributed by atoms with E-state index in [1.165, 1.54) is 12.1 Å². The summed E-state index contributed by atoms with van der Waals surface area (Å²) in [6.07, 6.45) is 3.23. The van der Waals surface area contributed by atoms with E-state index in [4.69, 9.17) is 10.2 Å². The number of hydrogen-bond acceptors (Lipinski definition) is 5. The molecule has 4 N–H and O–H groups in total. The largest absolute Gasteiger partial charge is 0.465 e. The van der Waals surface area contributed by atoms with Gasteiger partial charge in [0.25, 0.3) is 5.91 Å². The molecule has 1 aliphatic heterocycles. The van der Waals surface area contributed by atoms with Crippen molar-refractivity contribution >= 4 is 26.8 Å². The van der Waals surface area contributed by atoms with Crippen LogP contribution in [0.2, 0.25) is 0 Å². The first-order valence-corrected chi connectivity index (χ1v) is 14.7. The van der Waals surface area contributed by atoms with E-state index in [9.17, 15) is 17.6 Å². The average molecular weight is 553 g/mol. The predicted molar refractivity (Wildman–Crippen MR) is 149 cm³/mol. The highest BCUT2D eigenvalue weighted by molar-refractivity contribution is 7.89. The van der Waals surface area contributed by atoms with Crippen molar-refractivity contribution in [3.63, 3.8) is 0 Å². The minimum Gasteiger partial charge on any atom is -0.465 e. The third kappa shape index (κ3) is 5.78. The first kappa shape index (κ1) is 27.1. The molecule has 0 aliphatic carbocycles. The van der Waals surface area contributed by atoms with E-state index in [0.29, 0.717) is 61.2 Å². The van der Waals surface area contributed by atoms with Gasteiger partial charge in [-0.25, -0.2) is 17.1 Å². The summed E-state index contributed by atoms with van der Waals surface area (Å²) in [5.74, 6) is 0.892. The van der Waals surface area contributed by atoms with Gasteiger partial charge in [0.05, 0.1) is 23.4 Å². The van der Waals surface area contributed by atoms with E-state index >= 15 is 0 Å². The van der Waals surface area contributed by atoms with Crippen molar-refractivity contribution in [2.75, 3.05) is 18.8 Å². The van der Waals surface area contributed by atoms with Crippen molar-refractivity contribution in [2.24, 2.45) is 5.73 Å². The van der Waals surface area contributed by atoms with E-state index in [0.717, 1.165) is 28.0 Å². The van der Waals surface area contributed by atoms with Gasteiger partial charge >= 0.3 is 0 Å². The molecule has 0 radical (unpaired) electrons. The number of aryl methyl sites for hydroxylation is 1. The second-order valence-electron chi connectivity index (χ2n) is 10.1. The number of nitrogens with two attached hydrogens (primary N) is 1. The minimum atomic E-state index is -3.23. The smallest absolute Gasteiger partial charge is 0.250 e. The SMILES string of the molecule is CCS(=O)(=O)N1CCC(c2c[nH]c3c(C(N)=O)cc(-c4cc(F)cc(CNCc5ccc(C)o5)c4)cc23)CC1. The molecule has 10 heteroatoms. The van der Waals surface area contributed by atoms with Gasteiger partial charge in [-0.1, -0.05) is 0 Å². The highest BCUT2D eigenvalue weighted by Crippen LogP contribution is 2.37. The zero-order valence-corrected chi connectivity index (χ0v) is 22.9. The molecule has 2 aromatic carbocycles. The molecule has 3 heterocycles. The van der Waals surface area contributed by atoms with Gasteiger partial charge in [0.2, 0.25) is 10.0 Å². The maximum Gasteiger partial charge on any atom is 0.250 e. The van der Waals surface area contributed by atoms with E-state index in [-0.39, 0.29) is 17.5 Å². The molecule has 1 saturated heterocycles. The number of nitrogens with zero attached hydrogens (tertiary/aromatic N) is 1. The van der Waals surface area contributed by atoms with Crippen LogP contribution in [-0.2, 0) is 23.1 Å². The molecule has 0 unspecified atom stereocenters. The van der Waals surface area contributed by atoms with Gasteiger partial charge in [-0.15, -0.1) is 0 Å². The van der Waals surface area contributed by atoms with E-state index in [1.54, 1.807) is 17.3 Å². The lowest BCUT2D eigenvalue weighted by Crippen LogP contribution is -2.38. The third-order valence-corrected chi connectivity index (χ3v) is 9.34. The highest BCUT2D eigenvalue weighted by Gasteiger charge is 2.29. The quantitative estimate of drug-likeness (QED) is 0.276. The molecule has 206 valence electrons. The first-order valence-electron chi connectivity index (χ1n) is 13.1. The van der Waals surface area contributed by atoms with Crippen molar-refractivity contribution in [3.8, 4) is 11.1 Å². The fraction of sp³-hybridized carbons (Fsp3) is 0.345. The fourth-order valence-corrected chi connectivity index (χ4v) is 6.54. The maximum absolute atomic E-state index is 14.7. The minimum absolute atomic E-state index is 0.0871. The number of rotatable bonds is 9. The predicted octanol–water partition coefficient (Wildman–Crippen LogP) is 4.79. The molecule has 39 heavy (non-hydrogen) atoms. The Bertz CT molecular complexity index is 1620. The van der Waals surface area contributed by atoms with Crippen molar-refractivity contribution < 1.29 is 22.0 Å². The first-order chi connectivity index (χ1) is 18.6. The van der Waals surface area contributed by atoms with Gasteiger partial charge in [-0.3, -0.25) is 4.79 Å². The monoisotopic (exact) mass is 552 g/mol. The van der Waals surface area contributed by atoms with Crippen molar-refractivity contribution in [3.05, 3.63) is 82.7 Å². The molecule has 1 amide bonds. The molecule has 0 atom stereocenters. The summed E-state index contributed by atoms with van der Waals surface area (Å²) < 4.78 is 46.5. The van der Waals surface area contributed by atoms with E-state index < -0.39 is 15.9 Å². The number of nitrogens with one attached hydrogen (secondary N) is 2. The van der Waals surface area contributed by atoms with Crippen LogP contribution < -0.4 is 11.1 Å². The third-order valence-electron chi connectivity index (χ3n) is 7.45. The average Bonchev–Trinajstić information content (AvgIpc) is 3.53. The summed E-state index contributed by atoms with van der Waals surface area (Å²) in [6, 6.07) is 12.3. The van der Waals surface area contributed by atoms with Crippen molar-refractivity contribution in [1.82, 2.24) is 14.6 Å². The van der Waals surface area contributed by atoms with Crippen LogP contribution in [-0.4, -0.2) is 42.5 Å². The van der Waals surface area contributed by atoms with E-state index in [2.05, 4.69) is 10.3 Å². The molecule has 1 aliphatic rings. The van der Waals surface area contributed by atoms with Gasteiger partial charge in [-0.05, 0) is 97.3 Å². The summed E-state index contributed by atoms with van der Waals surface area (Å²) in [5.41, 5.74) is 9.81. The Hall–Kier alpha value is -3.47. The number of aromatic nitrogens is 1.